The van der Waals surface area contributed by atoms with Gasteiger partial charge in [-0.2, -0.15) is 0 Å². The van der Waals surface area contributed by atoms with E-state index in [1.54, 1.807) is 12.1 Å². The lowest BCUT2D eigenvalue weighted by Gasteiger charge is -2.18. The molecule has 0 aromatic heterocycles. The topological polar surface area (TPSA) is 271 Å². The van der Waals surface area contributed by atoms with Crippen LogP contribution >= 0.6 is 42.4 Å². The van der Waals surface area contributed by atoms with Gasteiger partial charge in [0.1, 0.15) is 23.0 Å². The van der Waals surface area contributed by atoms with E-state index in [0.717, 1.165) is 25.5 Å². The third-order valence-electron chi connectivity index (χ3n) is 6.67. The largest absolute Gasteiger partial charge is 0.480 e. The van der Waals surface area contributed by atoms with Crippen molar-refractivity contribution in [1.29, 1.82) is 0 Å². The second kappa shape index (κ2) is 19.7. The number of carbonyl (C=O) groups is 5. The molecule has 53 heavy (non-hydrogen) atoms. The number of halogens is 3. The summed E-state index contributed by atoms with van der Waals surface area (Å²) in [5.74, 6) is -4.24. The zero-order valence-electron chi connectivity index (χ0n) is 27.5. The van der Waals surface area contributed by atoms with E-state index in [0.29, 0.717) is 17.2 Å². The molecule has 1 fully saturated rings. The Kier molecular flexibility index (Phi) is 16.7. The number of esters is 1. The van der Waals surface area contributed by atoms with Gasteiger partial charge < -0.3 is 24.4 Å². The number of nitrogens with zero attached hydrogens (tertiary/aromatic N) is 1. The number of nitro benzene ring substituents is 1. The minimum Gasteiger partial charge on any atom is -0.480 e. The van der Waals surface area contributed by atoms with E-state index in [4.69, 9.17) is 54.4 Å². The monoisotopic (exact) mass is 838 g/mol. The lowest BCUT2D eigenvalue weighted by molar-refractivity contribution is -0.385. The number of methoxy groups -OCH3 is 1. The number of nitrogens with one attached hydrogen (secondary N) is 1. The second-order valence-corrected chi connectivity index (χ2v) is 15.7. The van der Waals surface area contributed by atoms with Crippen molar-refractivity contribution < 1.29 is 66.2 Å². The molecule has 1 saturated carbocycles. The Bertz CT molecular complexity index is 2060. The minimum absolute atomic E-state index is 0.00216. The Morgan fingerprint density at radius 1 is 0.962 bits per heavy atom. The molecule has 0 atom stereocenters. The number of carboxylic acids is 1. The molecule has 0 aliphatic heterocycles. The maximum absolute atomic E-state index is 12.3. The molecule has 0 bridgehead atoms. The molecule has 3 aromatic rings. The first-order valence-electron chi connectivity index (χ1n) is 14.6. The fraction of sp³-hybridized carbons (Fsp3) is 0.258. The predicted octanol–water partition coefficient (Wildman–Crippen LogP) is 5.14. The van der Waals surface area contributed by atoms with Crippen molar-refractivity contribution in [1.82, 2.24) is 5.32 Å². The summed E-state index contributed by atoms with van der Waals surface area (Å²) >= 11 is 17.7. The Morgan fingerprint density at radius 2 is 1.58 bits per heavy atom. The van der Waals surface area contributed by atoms with E-state index < -0.39 is 70.4 Å². The van der Waals surface area contributed by atoms with Crippen LogP contribution in [0.5, 0.6) is 11.5 Å². The molecule has 1 aliphatic carbocycles. The maximum Gasteiger partial charge on any atom is 0.345 e. The summed E-state index contributed by atoms with van der Waals surface area (Å²) in [6.45, 7) is -0.439. The molecule has 4 N–H and O–H groups in total. The summed E-state index contributed by atoms with van der Waals surface area (Å²) in [4.78, 5) is 83.9. The molecule has 4 rings (SSSR count). The summed E-state index contributed by atoms with van der Waals surface area (Å²) < 4.78 is 42.9. The van der Waals surface area contributed by atoms with Crippen LogP contribution in [-0.2, 0) is 33.5 Å². The number of benzene rings is 3. The normalized spacial score (nSPS) is 13.1. The van der Waals surface area contributed by atoms with Crippen LogP contribution < -0.4 is 10.1 Å². The quantitative estimate of drug-likeness (QED) is 0.0486. The first-order valence-corrected chi connectivity index (χ1v) is 19.4. The van der Waals surface area contributed by atoms with E-state index in [2.05, 4.69) is 10.1 Å². The zero-order valence-corrected chi connectivity index (χ0v) is 31.5. The van der Waals surface area contributed by atoms with Gasteiger partial charge in [0.05, 0.1) is 39.8 Å². The van der Waals surface area contributed by atoms with Gasteiger partial charge in [0.2, 0.25) is 0 Å². The summed E-state index contributed by atoms with van der Waals surface area (Å²) in [6, 6.07) is 12.0. The van der Waals surface area contributed by atoms with Gasteiger partial charge >= 0.3 is 19.5 Å². The molecule has 0 unspecified atom stereocenters. The van der Waals surface area contributed by atoms with Crippen LogP contribution in [0.4, 0.5) is 5.69 Å². The highest BCUT2D eigenvalue weighted by atomic mass is 35.5. The lowest BCUT2D eigenvalue weighted by Crippen LogP contribution is -2.35. The van der Waals surface area contributed by atoms with Crippen LogP contribution in [0.2, 0.25) is 15.1 Å². The van der Waals surface area contributed by atoms with E-state index in [9.17, 15) is 47.1 Å². The van der Waals surface area contributed by atoms with Crippen molar-refractivity contribution in [2.45, 2.75) is 24.2 Å². The number of hydrogen-bond donors (Lipinski definition) is 4. The summed E-state index contributed by atoms with van der Waals surface area (Å²) in [6.07, 6.45) is 1.28. The predicted molar refractivity (Wildman–Crippen MR) is 190 cm³/mol. The van der Waals surface area contributed by atoms with Crippen LogP contribution in [0.15, 0.2) is 59.5 Å². The lowest BCUT2D eigenvalue weighted by atomic mass is 9.82. The van der Waals surface area contributed by atoms with Gasteiger partial charge in [-0.25, -0.2) is 13.2 Å². The number of rotatable bonds is 11. The number of carboxylic acid groups (broad SMARTS) is 1. The Hall–Kier alpha value is -4.26. The number of nitro groups is 1. The Labute approximate surface area is 316 Å². The molecule has 0 spiro atoms. The van der Waals surface area contributed by atoms with Crippen LogP contribution in [0.3, 0.4) is 0 Å². The molecule has 1 aliphatic rings. The molecule has 17 nitrogen and oxygen atoms in total. The Balaban J connectivity index is 0.000000295. The van der Waals surface area contributed by atoms with E-state index in [1.807, 2.05) is 0 Å². The molecule has 0 radical (unpaired) electrons. The van der Waals surface area contributed by atoms with Crippen molar-refractivity contribution in [3.8, 4) is 11.5 Å². The maximum atomic E-state index is 12.3. The molecular formula is C31H30Cl3N2O15PS. The van der Waals surface area contributed by atoms with Gasteiger partial charge in [0.25, 0.3) is 5.69 Å². The molecule has 286 valence electrons. The van der Waals surface area contributed by atoms with Gasteiger partial charge in [-0.3, -0.25) is 39.2 Å². The molecule has 0 saturated heterocycles. The standard InChI is InChI=1S/C14H9Cl2NO5.C14H13ClO5S.C3H8NO5P/c1-21-14(18)10-7-9(3-4-12(10)17(19)20)22-13-5-2-8(15)6-11(13)16;1-21(19,20)8-5-6-9(10(15)7-8)14(18)13-11(16)3-2-4-12(13)17;5-3(6)1-4-2-10(7,8)9/h2-7H,1H3;5-7,13H,2-4H2,1H3;4H,1-2H2,(H,5,6)(H2,7,8,9). The van der Waals surface area contributed by atoms with Crippen molar-refractivity contribution in [3.63, 3.8) is 0 Å². The number of Topliss-reactive ketones (excluding diaryl/α,β-unsaturated/α-hetero) is 3. The second-order valence-electron chi connectivity index (χ2n) is 10.7. The van der Waals surface area contributed by atoms with Crippen LogP contribution in [0.1, 0.15) is 40.0 Å². The fourth-order valence-electron chi connectivity index (χ4n) is 4.28. The van der Waals surface area contributed by atoms with Crippen LogP contribution in [0.25, 0.3) is 0 Å². The average molecular weight is 840 g/mol. The Morgan fingerprint density at radius 3 is 2.08 bits per heavy atom. The number of ether oxygens (including phenoxy) is 2. The van der Waals surface area contributed by atoms with E-state index in [1.165, 1.54) is 30.3 Å². The molecule has 22 heteroatoms. The zero-order chi connectivity index (χ0) is 40.3. The molecular weight excluding hydrogens is 810 g/mol. The number of ketones is 3. The smallest absolute Gasteiger partial charge is 0.345 e. The SMILES string of the molecule is COC(=O)c1cc(Oc2ccc(Cl)cc2Cl)ccc1[N+](=O)[O-].CS(=O)(=O)c1ccc(C(=O)C2C(=O)CCCC2=O)c(Cl)c1.O=C(O)CNCP(=O)(O)O. The first-order chi connectivity index (χ1) is 24.5. The average Bonchev–Trinajstić information content (AvgIpc) is 3.04. The van der Waals surface area contributed by atoms with Gasteiger partial charge in [-0.15, -0.1) is 0 Å². The van der Waals surface area contributed by atoms with Gasteiger partial charge in [-0.1, -0.05) is 34.8 Å². The third-order valence-corrected chi connectivity index (χ3v) is 9.26. The number of sulfone groups is 1. The molecule has 3 aromatic carbocycles. The minimum atomic E-state index is -4.10. The van der Waals surface area contributed by atoms with Crippen molar-refractivity contribution in [2.75, 3.05) is 26.2 Å². The van der Waals surface area contributed by atoms with Crippen LogP contribution in [0, 0.1) is 16.0 Å². The number of hydrogen-bond acceptors (Lipinski definition) is 13. The molecule has 0 heterocycles. The molecule has 0 amide bonds. The van der Waals surface area contributed by atoms with Crippen molar-refractivity contribution >= 4 is 87.2 Å². The summed E-state index contributed by atoms with van der Waals surface area (Å²) in [5.41, 5.74) is -0.589. The van der Waals surface area contributed by atoms with Gasteiger partial charge in [0, 0.05) is 41.8 Å². The van der Waals surface area contributed by atoms with Gasteiger partial charge in [0.15, 0.2) is 27.2 Å². The van der Waals surface area contributed by atoms with Crippen LogP contribution in [-0.4, -0.2) is 83.7 Å². The van der Waals surface area contributed by atoms with Crippen molar-refractivity contribution in [2.24, 2.45) is 5.92 Å². The first kappa shape index (κ1) is 44.9. The third kappa shape index (κ3) is 14.2. The number of aliphatic carboxylic acids is 1. The highest BCUT2D eigenvalue weighted by Gasteiger charge is 2.37. The summed E-state index contributed by atoms with van der Waals surface area (Å²) in [7, 11) is -6.41. The van der Waals surface area contributed by atoms with E-state index >= 15 is 0 Å². The fourth-order valence-corrected chi connectivity index (χ4v) is 6.12. The highest BCUT2D eigenvalue weighted by Crippen LogP contribution is 2.34. The van der Waals surface area contributed by atoms with Crippen molar-refractivity contribution in [3.05, 3.63) is 90.9 Å². The summed E-state index contributed by atoms with van der Waals surface area (Å²) in [5, 5.41) is 21.6. The number of carbonyl (C=O) groups excluding carboxylic acids is 4. The van der Waals surface area contributed by atoms with Gasteiger partial charge in [-0.05, 0) is 48.9 Å². The van der Waals surface area contributed by atoms with E-state index in [-0.39, 0.29) is 50.3 Å². The highest BCUT2D eigenvalue weighted by molar-refractivity contribution is 7.90.